The second-order valence-electron chi connectivity index (χ2n) is 4.32. The van der Waals surface area contributed by atoms with E-state index in [1.54, 1.807) is 10.6 Å². The SMILES string of the molecule is CCC1C(=O)NCCN1c1cc(Cl)nc2ncnn12. The minimum atomic E-state index is -0.223. The van der Waals surface area contributed by atoms with Gasteiger partial charge in [0.05, 0.1) is 0 Å². The Balaban J connectivity index is 2.11. The summed E-state index contributed by atoms with van der Waals surface area (Å²) in [7, 11) is 0. The van der Waals surface area contributed by atoms with E-state index in [0.717, 1.165) is 5.82 Å². The summed E-state index contributed by atoms with van der Waals surface area (Å²) in [6.45, 7) is 3.29. The lowest BCUT2D eigenvalue weighted by Gasteiger charge is -2.35. The average Bonchev–Trinajstić information content (AvgIpc) is 2.85. The van der Waals surface area contributed by atoms with E-state index in [1.165, 1.54) is 6.33 Å². The Labute approximate surface area is 114 Å². The number of rotatable bonds is 2. The van der Waals surface area contributed by atoms with Crippen LogP contribution in [0.2, 0.25) is 5.15 Å². The van der Waals surface area contributed by atoms with Crippen LogP contribution in [0.15, 0.2) is 12.4 Å². The standard InChI is InChI=1S/C11H13ClN6O/c1-2-7-10(19)13-3-4-17(7)9-5-8(12)16-11-14-6-15-18(9)11/h5-7H,2-4H2,1H3,(H,13,19). The molecule has 8 heteroatoms. The van der Waals surface area contributed by atoms with Crippen LogP contribution in [0.4, 0.5) is 5.82 Å². The van der Waals surface area contributed by atoms with Gasteiger partial charge in [-0.05, 0) is 6.42 Å². The maximum atomic E-state index is 11.9. The van der Waals surface area contributed by atoms with Gasteiger partial charge in [-0.25, -0.2) is 0 Å². The van der Waals surface area contributed by atoms with Gasteiger partial charge in [0.2, 0.25) is 5.91 Å². The fourth-order valence-corrected chi connectivity index (χ4v) is 2.54. The first kappa shape index (κ1) is 12.2. The third-order valence-electron chi connectivity index (χ3n) is 3.21. The van der Waals surface area contributed by atoms with E-state index >= 15 is 0 Å². The number of hydrogen-bond donors (Lipinski definition) is 1. The van der Waals surface area contributed by atoms with Crippen LogP contribution in [0.25, 0.3) is 5.78 Å². The van der Waals surface area contributed by atoms with Crippen LogP contribution in [0.5, 0.6) is 0 Å². The molecule has 100 valence electrons. The van der Waals surface area contributed by atoms with Crippen molar-refractivity contribution in [1.82, 2.24) is 24.9 Å². The van der Waals surface area contributed by atoms with Crippen molar-refractivity contribution in [3.8, 4) is 0 Å². The van der Waals surface area contributed by atoms with Crippen LogP contribution in [0.3, 0.4) is 0 Å². The first-order valence-corrected chi connectivity index (χ1v) is 6.49. The zero-order valence-corrected chi connectivity index (χ0v) is 11.1. The molecule has 7 nitrogen and oxygen atoms in total. The molecule has 2 aromatic heterocycles. The summed E-state index contributed by atoms with van der Waals surface area (Å²) in [6, 6.07) is 1.49. The molecule has 1 fully saturated rings. The van der Waals surface area contributed by atoms with Crippen molar-refractivity contribution in [2.75, 3.05) is 18.0 Å². The summed E-state index contributed by atoms with van der Waals surface area (Å²) in [5, 5.41) is 7.35. The lowest BCUT2D eigenvalue weighted by Crippen LogP contribution is -2.55. The van der Waals surface area contributed by atoms with E-state index in [0.29, 0.717) is 30.4 Å². The number of amides is 1. The molecule has 3 heterocycles. The lowest BCUT2D eigenvalue weighted by molar-refractivity contribution is -0.123. The Kier molecular flexibility index (Phi) is 2.98. The van der Waals surface area contributed by atoms with Gasteiger partial charge in [0, 0.05) is 19.2 Å². The topological polar surface area (TPSA) is 75.4 Å². The molecule has 0 spiro atoms. The van der Waals surface area contributed by atoms with Crippen LogP contribution >= 0.6 is 11.6 Å². The summed E-state index contributed by atoms with van der Waals surface area (Å²) in [5.74, 6) is 1.20. The molecule has 19 heavy (non-hydrogen) atoms. The van der Waals surface area contributed by atoms with E-state index in [4.69, 9.17) is 11.6 Å². The quantitative estimate of drug-likeness (QED) is 0.811. The number of carbonyl (C=O) groups excluding carboxylic acids is 1. The zero-order chi connectivity index (χ0) is 13.4. The van der Waals surface area contributed by atoms with Gasteiger partial charge in [-0.1, -0.05) is 18.5 Å². The van der Waals surface area contributed by atoms with Crippen molar-refractivity contribution in [1.29, 1.82) is 0 Å². The number of anilines is 1. The molecule has 0 aliphatic carbocycles. The highest BCUT2D eigenvalue weighted by molar-refractivity contribution is 6.29. The average molecular weight is 281 g/mol. The maximum absolute atomic E-state index is 11.9. The van der Waals surface area contributed by atoms with Gasteiger partial charge in [0.1, 0.15) is 23.3 Å². The predicted molar refractivity (Wildman–Crippen MR) is 70.2 cm³/mol. The largest absolute Gasteiger partial charge is 0.353 e. The normalized spacial score (nSPS) is 19.8. The number of nitrogens with one attached hydrogen (secondary N) is 1. The first-order valence-electron chi connectivity index (χ1n) is 6.11. The summed E-state index contributed by atoms with van der Waals surface area (Å²) in [6.07, 6.45) is 2.13. The van der Waals surface area contributed by atoms with E-state index in [2.05, 4.69) is 20.4 Å². The molecular weight excluding hydrogens is 268 g/mol. The Bertz CT molecular complexity index is 627. The van der Waals surface area contributed by atoms with Crippen LogP contribution in [0, 0.1) is 0 Å². The summed E-state index contributed by atoms with van der Waals surface area (Å²) in [4.78, 5) is 22.0. The molecule has 1 amide bonds. The summed E-state index contributed by atoms with van der Waals surface area (Å²) in [5.41, 5.74) is 0. The predicted octanol–water partition coefficient (Wildman–Crippen LogP) is 0.492. The molecule has 0 aromatic carbocycles. The number of nitrogens with zero attached hydrogens (tertiary/aromatic N) is 5. The monoisotopic (exact) mass is 280 g/mol. The van der Waals surface area contributed by atoms with Gasteiger partial charge in [0.25, 0.3) is 5.78 Å². The highest BCUT2D eigenvalue weighted by Crippen LogP contribution is 2.23. The minimum Gasteiger partial charge on any atom is -0.353 e. The second kappa shape index (κ2) is 4.65. The molecule has 1 aliphatic rings. The van der Waals surface area contributed by atoms with Crippen LogP contribution in [-0.2, 0) is 4.79 Å². The number of aromatic nitrogens is 4. The number of carbonyl (C=O) groups is 1. The molecule has 1 atom stereocenters. The summed E-state index contributed by atoms with van der Waals surface area (Å²) >= 11 is 6.01. The smallest absolute Gasteiger partial charge is 0.255 e. The highest BCUT2D eigenvalue weighted by Gasteiger charge is 2.30. The first-order chi connectivity index (χ1) is 9.20. The number of halogens is 1. The number of piperazine rings is 1. The molecular formula is C11H13ClN6O. The highest BCUT2D eigenvalue weighted by atomic mass is 35.5. The van der Waals surface area contributed by atoms with Gasteiger partial charge < -0.3 is 10.2 Å². The van der Waals surface area contributed by atoms with Crippen LogP contribution in [-0.4, -0.2) is 44.6 Å². The van der Waals surface area contributed by atoms with E-state index in [-0.39, 0.29) is 11.9 Å². The molecule has 2 aromatic rings. The Morgan fingerprint density at radius 3 is 3.21 bits per heavy atom. The number of hydrogen-bond acceptors (Lipinski definition) is 5. The van der Waals surface area contributed by atoms with Crippen molar-refractivity contribution < 1.29 is 4.79 Å². The van der Waals surface area contributed by atoms with Gasteiger partial charge >= 0.3 is 0 Å². The lowest BCUT2D eigenvalue weighted by atomic mass is 10.1. The molecule has 1 N–H and O–H groups in total. The molecule has 1 aliphatic heterocycles. The minimum absolute atomic E-state index is 0.0231. The molecule has 0 bridgehead atoms. The molecule has 0 saturated carbocycles. The molecule has 3 rings (SSSR count). The van der Waals surface area contributed by atoms with Crippen molar-refractivity contribution >= 4 is 29.1 Å². The second-order valence-corrected chi connectivity index (χ2v) is 4.70. The fraction of sp³-hybridized carbons (Fsp3) is 0.455. The van der Waals surface area contributed by atoms with E-state index in [1.807, 2.05) is 11.8 Å². The van der Waals surface area contributed by atoms with Crippen molar-refractivity contribution in [2.45, 2.75) is 19.4 Å². The third kappa shape index (κ3) is 1.99. The molecule has 0 radical (unpaired) electrons. The van der Waals surface area contributed by atoms with Crippen molar-refractivity contribution in [2.24, 2.45) is 0 Å². The third-order valence-corrected chi connectivity index (χ3v) is 3.41. The molecule has 1 unspecified atom stereocenters. The Hall–Kier alpha value is -1.89. The van der Waals surface area contributed by atoms with Crippen LogP contribution < -0.4 is 10.2 Å². The zero-order valence-electron chi connectivity index (χ0n) is 10.4. The van der Waals surface area contributed by atoms with Gasteiger partial charge in [-0.3, -0.25) is 4.79 Å². The van der Waals surface area contributed by atoms with E-state index in [9.17, 15) is 4.79 Å². The van der Waals surface area contributed by atoms with Crippen molar-refractivity contribution in [3.05, 3.63) is 17.5 Å². The van der Waals surface area contributed by atoms with Gasteiger partial charge in [-0.2, -0.15) is 19.6 Å². The van der Waals surface area contributed by atoms with Crippen LogP contribution in [0.1, 0.15) is 13.3 Å². The van der Waals surface area contributed by atoms with Crippen molar-refractivity contribution in [3.63, 3.8) is 0 Å². The molecule has 1 saturated heterocycles. The number of fused-ring (bicyclic) bond motifs is 1. The van der Waals surface area contributed by atoms with E-state index < -0.39 is 0 Å². The Morgan fingerprint density at radius 2 is 2.42 bits per heavy atom. The maximum Gasteiger partial charge on any atom is 0.255 e. The van der Waals surface area contributed by atoms with Gasteiger partial charge in [-0.15, -0.1) is 0 Å². The van der Waals surface area contributed by atoms with Gasteiger partial charge in [0.15, 0.2) is 0 Å². The fourth-order valence-electron chi connectivity index (χ4n) is 2.37. The Morgan fingerprint density at radius 1 is 1.58 bits per heavy atom. The summed E-state index contributed by atoms with van der Waals surface area (Å²) < 4.78 is 1.60.